The first-order valence-corrected chi connectivity index (χ1v) is 6.63. The largest absolute Gasteiger partial charge is 0.496 e. The van der Waals surface area contributed by atoms with Crippen molar-refractivity contribution in [2.45, 2.75) is 12.5 Å². The zero-order valence-corrected chi connectivity index (χ0v) is 11.9. The van der Waals surface area contributed by atoms with Gasteiger partial charge in [-0.3, -0.25) is 0 Å². The van der Waals surface area contributed by atoms with Gasteiger partial charge in [0.25, 0.3) is 0 Å². The summed E-state index contributed by atoms with van der Waals surface area (Å²) in [6.07, 6.45) is 0.791. The lowest BCUT2D eigenvalue weighted by molar-refractivity contribution is 0.405. The second-order valence-electron chi connectivity index (χ2n) is 4.18. The van der Waals surface area contributed by atoms with Crippen molar-refractivity contribution >= 4 is 15.9 Å². The van der Waals surface area contributed by atoms with Crippen LogP contribution in [0.5, 0.6) is 5.75 Å². The summed E-state index contributed by atoms with van der Waals surface area (Å²) >= 11 is 3.47. The Hall–Kier alpha value is -1.32. The van der Waals surface area contributed by atoms with E-state index in [1.807, 2.05) is 36.4 Å². The SMILES string of the molecule is COc1ccccc1C(N)Cc1cccc(Br)c1. The van der Waals surface area contributed by atoms with Crippen molar-refractivity contribution in [2.75, 3.05) is 7.11 Å². The van der Waals surface area contributed by atoms with E-state index in [4.69, 9.17) is 10.5 Å². The van der Waals surface area contributed by atoms with Crippen LogP contribution in [0, 0.1) is 0 Å². The van der Waals surface area contributed by atoms with Crippen molar-refractivity contribution in [1.29, 1.82) is 0 Å². The highest BCUT2D eigenvalue weighted by Gasteiger charge is 2.11. The molecule has 0 aliphatic carbocycles. The highest BCUT2D eigenvalue weighted by atomic mass is 79.9. The number of rotatable bonds is 4. The van der Waals surface area contributed by atoms with E-state index in [2.05, 4.69) is 28.1 Å². The number of hydrogen-bond acceptors (Lipinski definition) is 2. The number of hydrogen-bond donors (Lipinski definition) is 1. The molecular weight excluding hydrogens is 290 g/mol. The van der Waals surface area contributed by atoms with Gasteiger partial charge in [-0.2, -0.15) is 0 Å². The maximum Gasteiger partial charge on any atom is 0.123 e. The number of benzene rings is 2. The van der Waals surface area contributed by atoms with E-state index in [-0.39, 0.29) is 6.04 Å². The molecule has 2 aromatic carbocycles. The number of methoxy groups -OCH3 is 1. The summed E-state index contributed by atoms with van der Waals surface area (Å²) in [6.45, 7) is 0. The summed E-state index contributed by atoms with van der Waals surface area (Å²) in [4.78, 5) is 0. The second-order valence-corrected chi connectivity index (χ2v) is 5.10. The smallest absolute Gasteiger partial charge is 0.123 e. The molecule has 0 spiro atoms. The van der Waals surface area contributed by atoms with Gasteiger partial charge in [0.1, 0.15) is 5.75 Å². The molecule has 2 aromatic rings. The van der Waals surface area contributed by atoms with Gasteiger partial charge >= 0.3 is 0 Å². The summed E-state index contributed by atoms with van der Waals surface area (Å²) in [5, 5.41) is 0. The molecule has 0 amide bonds. The average Bonchev–Trinajstić information content (AvgIpc) is 2.38. The number of halogens is 1. The number of ether oxygens (including phenoxy) is 1. The molecular formula is C15H16BrNO. The molecule has 0 saturated heterocycles. The lowest BCUT2D eigenvalue weighted by Gasteiger charge is -2.15. The van der Waals surface area contributed by atoms with Gasteiger partial charge < -0.3 is 10.5 Å². The van der Waals surface area contributed by atoms with E-state index >= 15 is 0 Å². The van der Waals surface area contributed by atoms with Crippen LogP contribution in [-0.2, 0) is 6.42 Å². The fraction of sp³-hybridized carbons (Fsp3) is 0.200. The average molecular weight is 306 g/mol. The highest BCUT2D eigenvalue weighted by Crippen LogP contribution is 2.26. The van der Waals surface area contributed by atoms with Crippen molar-refractivity contribution in [1.82, 2.24) is 0 Å². The standard InChI is InChI=1S/C15H16BrNO/c1-18-15-8-3-2-7-13(15)14(17)10-11-5-4-6-12(16)9-11/h2-9,14H,10,17H2,1H3. The molecule has 0 radical (unpaired) electrons. The Balaban J connectivity index is 2.19. The summed E-state index contributed by atoms with van der Waals surface area (Å²) in [5.41, 5.74) is 8.51. The first kappa shape index (κ1) is 13.1. The van der Waals surface area contributed by atoms with Gasteiger partial charge in [-0.05, 0) is 30.2 Å². The van der Waals surface area contributed by atoms with Crippen molar-refractivity contribution in [3.8, 4) is 5.75 Å². The molecule has 94 valence electrons. The second kappa shape index (κ2) is 6.03. The Morgan fingerprint density at radius 2 is 1.94 bits per heavy atom. The molecule has 0 aromatic heterocycles. The first-order chi connectivity index (χ1) is 8.70. The Labute approximate surface area is 116 Å². The first-order valence-electron chi connectivity index (χ1n) is 5.83. The van der Waals surface area contributed by atoms with Crippen LogP contribution in [-0.4, -0.2) is 7.11 Å². The third-order valence-corrected chi connectivity index (χ3v) is 3.38. The van der Waals surface area contributed by atoms with Crippen LogP contribution in [0.4, 0.5) is 0 Å². The van der Waals surface area contributed by atoms with E-state index in [9.17, 15) is 0 Å². The van der Waals surface area contributed by atoms with Gasteiger partial charge in [-0.15, -0.1) is 0 Å². The monoisotopic (exact) mass is 305 g/mol. The van der Waals surface area contributed by atoms with Gasteiger partial charge in [-0.25, -0.2) is 0 Å². The Bertz CT molecular complexity index is 527. The van der Waals surface area contributed by atoms with Gasteiger partial charge in [-0.1, -0.05) is 46.3 Å². The van der Waals surface area contributed by atoms with Gasteiger partial charge in [0, 0.05) is 16.1 Å². The van der Waals surface area contributed by atoms with Crippen LogP contribution < -0.4 is 10.5 Å². The minimum absolute atomic E-state index is 0.0598. The quantitative estimate of drug-likeness (QED) is 0.935. The number of para-hydroxylation sites is 1. The van der Waals surface area contributed by atoms with E-state index in [1.165, 1.54) is 5.56 Å². The van der Waals surface area contributed by atoms with Crippen LogP contribution in [0.25, 0.3) is 0 Å². The summed E-state index contributed by atoms with van der Waals surface area (Å²) in [5.74, 6) is 0.847. The fourth-order valence-electron chi connectivity index (χ4n) is 2.00. The summed E-state index contributed by atoms with van der Waals surface area (Å²) in [6, 6.07) is 16.0. The molecule has 2 N–H and O–H groups in total. The molecule has 0 aliphatic rings. The Morgan fingerprint density at radius 1 is 1.17 bits per heavy atom. The highest BCUT2D eigenvalue weighted by molar-refractivity contribution is 9.10. The molecule has 0 heterocycles. The van der Waals surface area contributed by atoms with E-state index < -0.39 is 0 Å². The van der Waals surface area contributed by atoms with Crippen molar-refractivity contribution in [3.05, 3.63) is 64.1 Å². The van der Waals surface area contributed by atoms with E-state index in [0.717, 1.165) is 22.2 Å². The third kappa shape index (κ3) is 3.12. The molecule has 0 fully saturated rings. The van der Waals surface area contributed by atoms with Crippen LogP contribution >= 0.6 is 15.9 Å². The van der Waals surface area contributed by atoms with E-state index in [1.54, 1.807) is 7.11 Å². The Kier molecular flexibility index (Phi) is 4.39. The summed E-state index contributed by atoms with van der Waals surface area (Å²) < 4.78 is 6.41. The van der Waals surface area contributed by atoms with E-state index in [0.29, 0.717) is 0 Å². The third-order valence-electron chi connectivity index (χ3n) is 2.88. The molecule has 1 unspecified atom stereocenters. The predicted octanol–water partition coefficient (Wildman–Crippen LogP) is 3.70. The molecule has 3 heteroatoms. The van der Waals surface area contributed by atoms with Crippen LogP contribution in [0.15, 0.2) is 53.0 Å². The zero-order chi connectivity index (χ0) is 13.0. The van der Waals surface area contributed by atoms with Crippen molar-refractivity contribution in [3.63, 3.8) is 0 Å². The number of nitrogens with two attached hydrogens (primary N) is 1. The van der Waals surface area contributed by atoms with Gasteiger partial charge in [0.05, 0.1) is 7.11 Å². The fourth-order valence-corrected chi connectivity index (χ4v) is 2.45. The molecule has 0 bridgehead atoms. The molecule has 1 atom stereocenters. The maximum absolute atomic E-state index is 6.26. The maximum atomic E-state index is 6.26. The molecule has 0 saturated carbocycles. The minimum atomic E-state index is -0.0598. The molecule has 0 aliphatic heterocycles. The van der Waals surface area contributed by atoms with Crippen molar-refractivity contribution in [2.24, 2.45) is 5.73 Å². The lowest BCUT2D eigenvalue weighted by Crippen LogP contribution is -2.14. The predicted molar refractivity (Wildman–Crippen MR) is 77.8 cm³/mol. The Morgan fingerprint density at radius 3 is 2.67 bits per heavy atom. The molecule has 2 nitrogen and oxygen atoms in total. The summed E-state index contributed by atoms with van der Waals surface area (Å²) in [7, 11) is 1.67. The van der Waals surface area contributed by atoms with Crippen LogP contribution in [0.1, 0.15) is 17.2 Å². The van der Waals surface area contributed by atoms with Gasteiger partial charge in [0.2, 0.25) is 0 Å². The lowest BCUT2D eigenvalue weighted by atomic mass is 9.99. The van der Waals surface area contributed by atoms with Crippen molar-refractivity contribution < 1.29 is 4.74 Å². The molecule has 18 heavy (non-hydrogen) atoms. The minimum Gasteiger partial charge on any atom is -0.496 e. The topological polar surface area (TPSA) is 35.2 Å². The van der Waals surface area contributed by atoms with Gasteiger partial charge in [0.15, 0.2) is 0 Å². The van der Waals surface area contributed by atoms with Crippen LogP contribution in [0.3, 0.4) is 0 Å². The zero-order valence-electron chi connectivity index (χ0n) is 10.3. The molecule has 2 rings (SSSR count). The normalized spacial score (nSPS) is 12.2. The van der Waals surface area contributed by atoms with Crippen LogP contribution in [0.2, 0.25) is 0 Å².